The van der Waals surface area contributed by atoms with Gasteiger partial charge in [0.25, 0.3) is 0 Å². The lowest BCUT2D eigenvalue weighted by molar-refractivity contribution is 0.248. The Bertz CT molecular complexity index is 347. The average molecular weight is 222 g/mol. The van der Waals surface area contributed by atoms with Crippen molar-refractivity contribution in [1.29, 1.82) is 0 Å². The SMILES string of the molecule is CC1CCCC(N)(CNc2ccnn2C)C1. The summed E-state index contributed by atoms with van der Waals surface area (Å²) in [5.74, 6) is 1.80. The molecule has 0 spiro atoms. The number of nitrogens with two attached hydrogens (primary N) is 1. The Labute approximate surface area is 97.2 Å². The van der Waals surface area contributed by atoms with Crippen molar-refractivity contribution in [1.82, 2.24) is 9.78 Å². The first-order chi connectivity index (χ1) is 7.59. The fraction of sp³-hybridized carbons (Fsp3) is 0.750. The second-order valence-corrected chi connectivity index (χ2v) is 5.26. The molecule has 0 saturated heterocycles. The summed E-state index contributed by atoms with van der Waals surface area (Å²) in [6, 6.07) is 1.98. The van der Waals surface area contributed by atoms with E-state index in [0.717, 1.165) is 31.1 Å². The number of nitrogens with one attached hydrogen (secondary N) is 1. The minimum absolute atomic E-state index is 0.0397. The molecule has 0 radical (unpaired) electrons. The van der Waals surface area contributed by atoms with Gasteiger partial charge < -0.3 is 11.1 Å². The highest BCUT2D eigenvalue weighted by molar-refractivity contribution is 5.34. The van der Waals surface area contributed by atoms with Crippen molar-refractivity contribution in [2.24, 2.45) is 18.7 Å². The molecular weight excluding hydrogens is 200 g/mol. The van der Waals surface area contributed by atoms with Gasteiger partial charge in [-0.1, -0.05) is 19.8 Å². The molecule has 0 aromatic carbocycles. The fourth-order valence-corrected chi connectivity index (χ4v) is 2.68. The predicted octanol–water partition coefficient (Wildman–Crippen LogP) is 1.74. The molecule has 4 nitrogen and oxygen atoms in total. The molecule has 2 unspecified atom stereocenters. The van der Waals surface area contributed by atoms with E-state index in [-0.39, 0.29) is 5.54 Å². The molecular formula is C12H22N4. The van der Waals surface area contributed by atoms with Gasteiger partial charge in [0.05, 0.1) is 6.20 Å². The highest BCUT2D eigenvalue weighted by Crippen LogP contribution is 2.30. The normalized spacial score (nSPS) is 30.3. The monoisotopic (exact) mass is 222 g/mol. The van der Waals surface area contributed by atoms with E-state index in [1.54, 1.807) is 6.20 Å². The van der Waals surface area contributed by atoms with Crippen LogP contribution in [-0.4, -0.2) is 21.9 Å². The largest absolute Gasteiger partial charge is 0.368 e. The van der Waals surface area contributed by atoms with Crippen LogP contribution in [0.1, 0.15) is 32.6 Å². The van der Waals surface area contributed by atoms with Crippen LogP contribution in [-0.2, 0) is 7.05 Å². The van der Waals surface area contributed by atoms with Crippen LogP contribution >= 0.6 is 0 Å². The maximum atomic E-state index is 6.42. The Morgan fingerprint density at radius 1 is 1.69 bits per heavy atom. The summed E-state index contributed by atoms with van der Waals surface area (Å²) in [5.41, 5.74) is 6.38. The minimum atomic E-state index is -0.0397. The molecule has 0 aliphatic heterocycles. The van der Waals surface area contributed by atoms with Gasteiger partial charge in [0.15, 0.2) is 0 Å². The zero-order chi connectivity index (χ0) is 11.6. The van der Waals surface area contributed by atoms with Crippen LogP contribution in [0.25, 0.3) is 0 Å². The highest BCUT2D eigenvalue weighted by atomic mass is 15.3. The van der Waals surface area contributed by atoms with Crippen LogP contribution in [0, 0.1) is 5.92 Å². The van der Waals surface area contributed by atoms with Crippen molar-refractivity contribution in [2.45, 2.75) is 38.1 Å². The van der Waals surface area contributed by atoms with Crippen LogP contribution in [0.3, 0.4) is 0 Å². The van der Waals surface area contributed by atoms with E-state index in [1.807, 2.05) is 17.8 Å². The third-order valence-corrected chi connectivity index (χ3v) is 3.57. The number of aryl methyl sites for hydroxylation is 1. The lowest BCUT2D eigenvalue weighted by Crippen LogP contribution is -2.49. The van der Waals surface area contributed by atoms with Gasteiger partial charge in [0.2, 0.25) is 0 Å². The summed E-state index contributed by atoms with van der Waals surface area (Å²) in [5, 5.41) is 7.53. The topological polar surface area (TPSA) is 55.9 Å². The van der Waals surface area contributed by atoms with E-state index in [9.17, 15) is 0 Å². The van der Waals surface area contributed by atoms with Gasteiger partial charge in [-0.15, -0.1) is 0 Å². The summed E-state index contributed by atoms with van der Waals surface area (Å²) in [6.07, 6.45) is 6.63. The molecule has 3 N–H and O–H groups in total. The van der Waals surface area contributed by atoms with E-state index in [0.29, 0.717) is 0 Å². The van der Waals surface area contributed by atoms with Crippen LogP contribution in [0.15, 0.2) is 12.3 Å². The molecule has 4 heteroatoms. The molecule has 2 rings (SSSR count). The van der Waals surface area contributed by atoms with Gasteiger partial charge in [-0.2, -0.15) is 5.10 Å². The van der Waals surface area contributed by atoms with E-state index in [1.165, 1.54) is 12.8 Å². The average Bonchev–Trinajstić information content (AvgIpc) is 2.61. The zero-order valence-corrected chi connectivity index (χ0v) is 10.2. The number of hydrogen-bond donors (Lipinski definition) is 2. The Kier molecular flexibility index (Phi) is 3.19. The number of hydrogen-bond acceptors (Lipinski definition) is 3. The second-order valence-electron chi connectivity index (χ2n) is 5.26. The van der Waals surface area contributed by atoms with Gasteiger partial charge >= 0.3 is 0 Å². The van der Waals surface area contributed by atoms with Crippen molar-refractivity contribution in [2.75, 3.05) is 11.9 Å². The molecule has 1 aliphatic carbocycles. The molecule has 90 valence electrons. The lowest BCUT2D eigenvalue weighted by atomic mass is 9.77. The summed E-state index contributed by atoms with van der Waals surface area (Å²) >= 11 is 0. The quantitative estimate of drug-likeness (QED) is 0.819. The van der Waals surface area contributed by atoms with Crippen LogP contribution < -0.4 is 11.1 Å². The maximum Gasteiger partial charge on any atom is 0.123 e. The highest BCUT2D eigenvalue weighted by Gasteiger charge is 2.30. The first kappa shape index (κ1) is 11.5. The van der Waals surface area contributed by atoms with E-state index in [4.69, 9.17) is 5.73 Å². The van der Waals surface area contributed by atoms with Crippen molar-refractivity contribution in [3.63, 3.8) is 0 Å². The van der Waals surface area contributed by atoms with Crippen LogP contribution in [0.2, 0.25) is 0 Å². The van der Waals surface area contributed by atoms with Crippen LogP contribution in [0.4, 0.5) is 5.82 Å². The van der Waals surface area contributed by atoms with E-state index in [2.05, 4.69) is 17.3 Å². The van der Waals surface area contributed by atoms with Gasteiger partial charge in [-0.25, -0.2) is 0 Å². The first-order valence-electron chi connectivity index (χ1n) is 6.10. The molecule has 1 aliphatic rings. The Balaban J connectivity index is 1.91. The van der Waals surface area contributed by atoms with Crippen molar-refractivity contribution >= 4 is 5.82 Å². The summed E-state index contributed by atoms with van der Waals surface area (Å²) in [6.45, 7) is 3.14. The van der Waals surface area contributed by atoms with Gasteiger partial charge in [-0.05, 0) is 18.8 Å². The fourth-order valence-electron chi connectivity index (χ4n) is 2.68. The Morgan fingerprint density at radius 2 is 2.50 bits per heavy atom. The standard InChI is InChI=1S/C12H22N4/c1-10-4-3-6-12(13,8-10)9-14-11-5-7-15-16(11)2/h5,7,10,14H,3-4,6,8-9,13H2,1-2H3. The van der Waals surface area contributed by atoms with Crippen molar-refractivity contribution in [3.8, 4) is 0 Å². The minimum Gasteiger partial charge on any atom is -0.368 e. The third-order valence-electron chi connectivity index (χ3n) is 3.57. The first-order valence-corrected chi connectivity index (χ1v) is 6.10. The lowest BCUT2D eigenvalue weighted by Gasteiger charge is -2.37. The molecule has 1 saturated carbocycles. The van der Waals surface area contributed by atoms with Gasteiger partial charge in [0.1, 0.15) is 5.82 Å². The predicted molar refractivity (Wildman–Crippen MR) is 66.2 cm³/mol. The molecule has 1 heterocycles. The summed E-state index contributed by atoms with van der Waals surface area (Å²) in [7, 11) is 1.94. The summed E-state index contributed by atoms with van der Waals surface area (Å²) in [4.78, 5) is 0. The number of rotatable bonds is 3. The summed E-state index contributed by atoms with van der Waals surface area (Å²) < 4.78 is 1.84. The third kappa shape index (κ3) is 2.55. The molecule has 2 atom stereocenters. The molecule has 0 bridgehead atoms. The van der Waals surface area contributed by atoms with Crippen LogP contribution in [0.5, 0.6) is 0 Å². The smallest absolute Gasteiger partial charge is 0.123 e. The second kappa shape index (κ2) is 4.45. The van der Waals surface area contributed by atoms with Crippen molar-refractivity contribution in [3.05, 3.63) is 12.3 Å². The number of anilines is 1. The zero-order valence-electron chi connectivity index (χ0n) is 10.2. The maximum absolute atomic E-state index is 6.42. The molecule has 1 fully saturated rings. The molecule has 1 aromatic heterocycles. The van der Waals surface area contributed by atoms with Gasteiger partial charge in [-0.3, -0.25) is 4.68 Å². The van der Waals surface area contributed by atoms with Crippen molar-refractivity contribution < 1.29 is 0 Å². The molecule has 1 aromatic rings. The van der Waals surface area contributed by atoms with E-state index >= 15 is 0 Å². The number of aromatic nitrogens is 2. The Morgan fingerprint density at radius 3 is 3.12 bits per heavy atom. The molecule has 0 amide bonds. The number of nitrogens with zero attached hydrogens (tertiary/aromatic N) is 2. The Hall–Kier alpha value is -1.03. The molecule has 16 heavy (non-hydrogen) atoms. The van der Waals surface area contributed by atoms with Gasteiger partial charge in [0, 0.05) is 25.2 Å². The van der Waals surface area contributed by atoms with E-state index < -0.39 is 0 Å².